The molecule has 2 rings (SSSR count). The molecule has 1 aromatic heterocycles. The molecule has 0 radical (unpaired) electrons. The summed E-state index contributed by atoms with van der Waals surface area (Å²) in [6.45, 7) is -0.216. The van der Waals surface area contributed by atoms with Gasteiger partial charge in [-0.25, -0.2) is 9.37 Å². The smallest absolute Gasteiger partial charge is 0.244 e. The van der Waals surface area contributed by atoms with Gasteiger partial charge in [-0.3, -0.25) is 4.79 Å². The summed E-state index contributed by atoms with van der Waals surface area (Å²) < 4.78 is 14.4. The summed E-state index contributed by atoms with van der Waals surface area (Å²) in [6.07, 6.45) is 3.09. The molecule has 94 valence electrons. The lowest BCUT2D eigenvalue weighted by Gasteiger charge is -2.07. The first kappa shape index (κ1) is 12.3. The van der Waals surface area contributed by atoms with E-state index in [4.69, 9.17) is 5.11 Å². The second-order valence-corrected chi connectivity index (χ2v) is 3.69. The highest BCUT2D eigenvalue weighted by atomic mass is 19.1. The quantitative estimate of drug-likeness (QED) is 0.854. The van der Waals surface area contributed by atoms with Crippen molar-refractivity contribution in [2.45, 2.75) is 13.2 Å². The molecule has 1 aromatic carbocycles. The Morgan fingerprint density at radius 2 is 2.33 bits per heavy atom. The average Bonchev–Trinajstić information content (AvgIpc) is 2.76. The summed E-state index contributed by atoms with van der Waals surface area (Å²) >= 11 is 0. The van der Waals surface area contributed by atoms with Gasteiger partial charge in [0.1, 0.15) is 24.8 Å². The molecule has 0 fully saturated rings. The van der Waals surface area contributed by atoms with Crippen LogP contribution in [0, 0.1) is 5.82 Å². The van der Waals surface area contributed by atoms with Crippen LogP contribution >= 0.6 is 0 Å². The minimum absolute atomic E-state index is 0.0202. The number of aliphatic hydroxyl groups is 1. The van der Waals surface area contributed by atoms with Gasteiger partial charge in [0.25, 0.3) is 0 Å². The molecule has 5 nitrogen and oxygen atoms in total. The van der Waals surface area contributed by atoms with Crippen molar-refractivity contribution in [2.24, 2.45) is 0 Å². The topological polar surface area (TPSA) is 67.2 Å². The molecule has 0 aliphatic heterocycles. The summed E-state index contributed by atoms with van der Waals surface area (Å²) in [4.78, 5) is 15.6. The van der Waals surface area contributed by atoms with Crippen molar-refractivity contribution in [2.75, 3.05) is 5.32 Å². The monoisotopic (exact) mass is 249 g/mol. The molecular formula is C12H12FN3O2. The third-order valence-corrected chi connectivity index (χ3v) is 2.37. The van der Waals surface area contributed by atoms with E-state index < -0.39 is 5.82 Å². The fraction of sp³-hybridized carbons (Fsp3) is 0.167. The van der Waals surface area contributed by atoms with E-state index in [0.29, 0.717) is 11.5 Å². The summed E-state index contributed by atoms with van der Waals surface area (Å²) in [5, 5.41) is 11.5. The number of amides is 1. The second-order valence-electron chi connectivity index (χ2n) is 3.69. The molecule has 0 aliphatic carbocycles. The Bertz CT molecular complexity index is 554. The molecule has 1 amide bonds. The zero-order valence-corrected chi connectivity index (χ0v) is 9.51. The number of carbonyl (C=O) groups is 1. The summed E-state index contributed by atoms with van der Waals surface area (Å²) in [5.74, 6) is -0.316. The highest BCUT2D eigenvalue weighted by molar-refractivity contribution is 5.90. The van der Waals surface area contributed by atoms with Gasteiger partial charge in [-0.05, 0) is 18.2 Å². The van der Waals surface area contributed by atoms with E-state index in [1.54, 1.807) is 12.3 Å². The maximum Gasteiger partial charge on any atom is 0.244 e. The predicted molar refractivity (Wildman–Crippen MR) is 63.2 cm³/mol. The lowest BCUT2D eigenvalue weighted by atomic mass is 10.3. The van der Waals surface area contributed by atoms with E-state index in [9.17, 15) is 9.18 Å². The molecule has 2 aromatic rings. The number of halogens is 1. The van der Waals surface area contributed by atoms with Crippen LogP contribution in [-0.4, -0.2) is 20.6 Å². The van der Waals surface area contributed by atoms with Gasteiger partial charge in [0.2, 0.25) is 5.91 Å². The Kier molecular flexibility index (Phi) is 3.69. The van der Waals surface area contributed by atoms with Gasteiger partial charge in [-0.1, -0.05) is 6.07 Å². The largest absolute Gasteiger partial charge is 0.388 e. The first-order valence-corrected chi connectivity index (χ1v) is 5.35. The van der Waals surface area contributed by atoms with Crippen LogP contribution in [0.15, 0.2) is 36.7 Å². The number of benzene rings is 1. The van der Waals surface area contributed by atoms with Crippen LogP contribution in [0.1, 0.15) is 5.82 Å². The van der Waals surface area contributed by atoms with E-state index in [1.165, 1.54) is 29.0 Å². The molecule has 0 saturated carbocycles. The maximum atomic E-state index is 12.9. The van der Waals surface area contributed by atoms with E-state index in [2.05, 4.69) is 10.3 Å². The first-order valence-electron chi connectivity index (χ1n) is 5.35. The Balaban J connectivity index is 2.01. The van der Waals surface area contributed by atoms with E-state index in [0.717, 1.165) is 0 Å². The van der Waals surface area contributed by atoms with Crippen LogP contribution in [0.5, 0.6) is 0 Å². The Morgan fingerprint density at radius 1 is 1.50 bits per heavy atom. The van der Waals surface area contributed by atoms with Gasteiger partial charge in [0, 0.05) is 18.1 Å². The lowest BCUT2D eigenvalue weighted by molar-refractivity contribution is -0.116. The van der Waals surface area contributed by atoms with Crippen LogP contribution < -0.4 is 5.32 Å². The predicted octanol–water partition coefficient (Wildman–Crippen LogP) is 1.15. The SMILES string of the molecule is O=C(Cn1ccnc1CO)Nc1cccc(F)c1. The molecule has 2 N–H and O–H groups in total. The molecule has 1 heterocycles. The Hall–Kier alpha value is -2.21. The first-order chi connectivity index (χ1) is 8.69. The number of imidazole rings is 1. The van der Waals surface area contributed by atoms with E-state index in [-0.39, 0.29) is 19.1 Å². The van der Waals surface area contributed by atoms with E-state index >= 15 is 0 Å². The minimum Gasteiger partial charge on any atom is -0.388 e. The molecule has 0 atom stereocenters. The summed E-state index contributed by atoms with van der Waals surface area (Å²) in [6, 6.07) is 5.65. The highest BCUT2D eigenvalue weighted by Gasteiger charge is 2.07. The molecule has 18 heavy (non-hydrogen) atoms. The Labute approximate surface area is 103 Å². The number of nitrogens with zero attached hydrogens (tertiary/aromatic N) is 2. The number of rotatable bonds is 4. The lowest BCUT2D eigenvalue weighted by Crippen LogP contribution is -2.19. The van der Waals surface area contributed by atoms with E-state index in [1.807, 2.05) is 0 Å². The molecule has 6 heteroatoms. The number of aromatic nitrogens is 2. The molecule has 0 spiro atoms. The number of aliphatic hydroxyl groups excluding tert-OH is 1. The van der Waals surface area contributed by atoms with Crippen LogP contribution in [0.3, 0.4) is 0 Å². The zero-order chi connectivity index (χ0) is 13.0. The van der Waals surface area contributed by atoms with Gasteiger partial charge in [0.15, 0.2) is 0 Å². The van der Waals surface area contributed by atoms with Crippen molar-refractivity contribution >= 4 is 11.6 Å². The van der Waals surface area contributed by atoms with Gasteiger partial charge < -0.3 is 15.0 Å². The molecule has 0 saturated heterocycles. The number of hydrogen-bond donors (Lipinski definition) is 2. The van der Waals surface area contributed by atoms with Crippen molar-refractivity contribution in [3.8, 4) is 0 Å². The van der Waals surface area contributed by atoms with Crippen LogP contribution in [0.4, 0.5) is 10.1 Å². The van der Waals surface area contributed by atoms with Gasteiger partial charge in [-0.15, -0.1) is 0 Å². The molecule has 0 bridgehead atoms. The second kappa shape index (κ2) is 5.42. The van der Waals surface area contributed by atoms with Crippen molar-refractivity contribution < 1.29 is 14.3 Å². The number of carbonyl (C=O) groups excluding carboxylic acids is 1. The third kappa shape index (κ3) is 2.92. The number of hydrogen-bond acceptors (Lipinski definition) is 3. The molecule has 0 aliphatic rings. The molecular weight excluding hydrogens is 237 g/mol. The maximum absolute atomic E-state index is 12.9. The summed E-state index contributed by atoms with van der Waals surface area (Å²) in [7, 11) is 0. The standard InChI is InChI=1S/C12H12FN3O2/c13-9-2-1-3-10(6-9)15-12(18)7-16-5-4-14-11(16)8-17/h1-6,17H,7-8H2,(H,15,18). The summed E-state index contributed by atoms with van der Waals surface area (Å²) in [5.41, 5.74) is 0.394. The van der Waals surface area contributed by atoms with Crippen molar-refractivity contribution in [1.82, 2.24) is 9.55 Å². The highest BCUT2D eigenvalue weighted by Crippen LogP contribution is 2.09. The van der Waals surface area contributed by atoms with Crippen molar-refractivity contribution in [1.29, 1.82) is 0 Å². The van der Waals surface area contributed by atoms with Crippen LogP contribution in [0.2, 0.25) is 0 Å². The fourth-order valence-electron chi connectivity index (χ4n) is 1.56. The minimum atomic E-state index is -0.411. The average molecular weight is 249 g/mol. The van der Waals surface area contributed by atoms with Crippen molar-refractivity contribution in [3.63, 3.8) is 0 Å². The van der Waals surface area contributed by atoms with Crippen LogP contribution in [0.25, 0.3) is 0 Å². The van der Waals surface area contributed by atoms with Gasteiger partial charge >= 0.3 is 0 Å². The van der Waals surface area contributed by atoms with Gasteiger partial charge in [-0.2, -0.15) is 0 Å². The van der Waals surface area contributed by atoms with Crippen LogP contribution in [-0.2, 0) is 17.9 Å². The number of anilines is 1. The number of nitrogens with one attached hydrogen (secondary N) is 1. The zero-order valence-electron chi connectivity index (χ0n) is 9.51. The van der Waals surface area contributed by atoms with Gasteiger partial charge in [0.05, 0.1) is 0 Å². The fourth-order valence-corrected chi connectivity index (χ4v) is 1.56. The van der Waals surface area contributed by atoms with Crippen molar-refractivity contribution in [3.05, 3.63) is 48.3 Å². The Morgan fingerprint density at radius 3 is 3.06 bits per heavy atom. The normalized spacial score (nSPS) is 10.3. The third-order valence-electron chi connectivity index (χ3n) is 2.37. The molecule has 0 unspecified atom stereocenters.